The van der Waals surface area contributed by atoms with Crippen LogP contribution in [0.1, 0.15) is 23.2 Å². The SMILES string of the molecule is COCOc1c(-c2cccc(Cl)c2)cc(C(=O)NC(CO)C2CC2)cc1-c1cccc(Cl)c1. The van der Waals surface area contributed by atoms with Crippen LogP contribution >= 0.6 is 23.2 Å². The fraction of sp³-hybridized carbons (Fsp3) is 0.269. The molecule has 0 radical (unpaired) electrons. The molecule has 3 aromatic carbocycles. The predicted molar refractivity (Wildman–Crippen MR) is 131 cm³/mol. The van der Waals surface area contributed by atoms with Crippen LogP contribution in [0.2, 0.25) is 10.0 Å². The Bertz CT molecular complexity index is 1080. The summed E-state index contributed by atoms with van der Waals surface area (Å²) in [6.45, 7) is -0.0608. The normalized spacial score (nSPS) is 14.1. The first-order valence-electron chi connectivity index (χ1n) is 10.7. The van der Waals surface area contributed by atoms with Crippen molar-refractivity contribution in [3.05, 3.63) is 76.3 Å². The fourth-order valence-corrected chi connectivity index (χ4v) is 4.22. The maximum absolute atomic E-state index is 13.2. The number of amides is 1. The second kappa shape index (κ2) is 10.6. The maximum atomic E-state index is 13.2. The smallest absolute Gasteiger partial charge is 0.251 e. The van der Waals surface area contributed by atoms with Gasteiger partial charge in [0.15, 0.2) is 6.79 Å². The number of hydrogen-bond acceptors (Lipinski definition) is 4. The summed E-state index contributed by atoms with van der Waals surface area (Å²) in [7, 11) is 1.55. The van der Waals surface area contributed by atoms with Crippen molar-refractivity contribution in [2.75, 3.05) is 20.5 Å². The van der Waals surface area contributed by atoms with Crippen LogP contribution in [0.4, 0.5) is 0 Å². The number of carbonyl (C=O) groups is 1. The van der Waals surface area contributed by atoms with E-state index in [1.54, 1.807) is 31.4 Å². The van der Waals surface area contributed by atoms with Crippen molar-refractivity contribution in [3.8, 4) is 28.0 Å². The minimum atomic E-state index is -0.259. The van der Waals surface area contributed by atoms with Crippen LogP contribution in [0, 0.1) is 5.92 Å². The van der Waals surface area contributed by atoms with E-state index in [-0.39, 0.29) is 25.3 Å². The van der Waals surface area contributed by atoms with Crippen LogP contribution < -0.4 is 10.1 Å². The van der Waals surface area contributed by atoms with Crippen molar-refractivity contribution in [2.24, 2.45) is 5.92 Å². The highest BCUT2D eigenvalue weighted by Crippen LogP contribution is 2.42. The summed E-state index contributed by atoms with van der Waals surface area (Å²) in [5.41, 5.74) is 3.44. The molecular formula is C26H25Cl2NO4. The van der Waals surface area contributed by atoms with Crippen molar-refractivity contribution in [3.63, 3.8) is 0 Å². The summed E-state index contributed by atoms with van der Waals surface area (Å²) >= 11 is 12.5. The second-order valence-corrected chi connectivity index (χ2v) is 8.94. The Labute approximate surface area is 203 Å². The van der Waals surface area contributed by atoms with Gasteiger partial charge < -0.3 is 19.9 Å². The molecule has 2 N–H and O–H groups in total. The largest absolute Gasteiger partial charge is 0.466 e. The zero-order chi connectivity index (χ0) is 23.4. The number of aliphatic hydroxyl groups excluding tert-OH is 1. The van der Waals surface area contributed by atoms with E-state index in [0.29, 0.717) is 38.4 Å². The van der Waals surface area contributed by atoms with Crippen molar-refractivity contribution >= 4 is 29.1 Å². The molecule has 5 nitrogen and oxygen atoms in total. The zero-order valence-corrected chi connectivity index (χ0v) is 19.7. The molecule has 0 bridgehead atoms. The number of halogens is 2. The van der Waals surface area contributed by atoms with E-state index in [9.17, 15) is 9.90 Å². The molecule has 1 amide bonds. The quantitative estimate of drug-likeness (QED) is 0.375. The van der Waals surface area contributed by atoms with Gasteiger partial charge in [0.1, 0.15) is 5.75 Å². The number of rotatable bonds is 9. The number of carbonyl (C=O) groups excluding carboxylic acids is 1. The first-order chi connectivity index (χ1) is 16.0. The van der Waals surface area contributed by atoms with Crippen molar-refractivity contribution in [1.29, 1.82) is 0 Å². The van der Waals surface area contributed by atoms with Crippen LogP contribution in [-0.4, -0.2) is 37.6 Å². The fourth-order valence-electron chi connectivity index (χ4n) is 3.84. The number of nitrogens with one attached hydrogen (secondary N) is 1. The standard InChI is InChI=1S/C26H25Cl2NO4/c1-32-15-33-25-22(17-4-2-6-20(27)10-17)12-19(26(31)29-24(14-30)16-8-9-16)13-23(25)18-5-3-7-21(28)11-18/h2-7,10-13,16,24,30H,8-9,14-15H2,1H3,(H,29,31). The molecule has 1 saturated carbocycles. The summed E-state index contributed by atoms with van der Waals surface area (Å²) in [6, 6.07) is 18.0. The Kier molecular flexibility index (Phi) is 7.56. The van der Waals surface area contributed by atoms with Crippen LogP contribution in [0.25, 0.3) is 22.3 Å². The van der Waals surface area contributed by atoms with E-state index in [0.717, 1.165) is 24.0 Å². The Hall–Kier alpha value is -2.57. The topological polar surface area (TPSA) is 67.8 Å². The van der Waals surface area contributed by atoms with Gasteiger partial charge in [-0.1, -0.05) is 47.5 Å². The van der Waals surface area contributed by atoms with Gasteiger partial charge in [-0.05, 0) is 66.3 Å². The summed E-state index contributed by atoms with van der Waals surface area (Å²) in [5.74, 6) is 0.618. The number of methoxy groups -OCH3 is 1. The molecule has 7 heteroatoms. The first-order valence-corrected chi connectivity index (χ1v) is 11.5. The van der Waals surface area contributed by atoms with Gasteiger partial charge in [-0.25, -0.2) is 0 Å². The Morgan fingerprint density at radius 3 is 2.06 bits per heavy atom. The molecule has 0 spiro atoms. The van der Waals surface area contributed by atoms with E-state index in [1.807, 2.05) is 36.4 Å². The van der Waals surface area contributed by atoms with Gasteiger partial charge in [0.25, 0.3) is 5.91 Å². The van der Waals surface area contributed by atoms with Crippen LogP contribution in [0.15, 0.2) is 60.7 Å². The highest BCUT2D eigenvalue weighted by atomic mass is 35.5. The van der Waals surface area contributed by atoms with Gasteiger partial charge in [-0.2, -0.15) is 0 Å². The lowest BCUT2D eigenvalue weighted by Gasteiger charge is -2.20. The Morgan fingerprint density at radius 1 is 1.03 bits per heavy atom. The molecule has 0 aliphatic heterocycles. The van der Waals surface area contributed by atoms with Gasteiger partial charge in [0, 0.05) is 33.8 Å². The molecule has 4 rings (SSSR count). The third kappa shape index (κ3) is 5.68. The third-order valence-electron chi connectivity index (χ3n) is 5.65. The first kappa shape index (κ1) is 23.6. The van der Waals surface area contributed by atoms with Crippen molar-refractivity contribution < 1.29 is 19.4 Å². The molecule has 0 aromatic heterocycles. The van der Waals surface area contributed by atoms with Crippen LogP contribution in [0.5, 0.6) is 5.75 Å². The molecule has 1 unspecified atom stereocenters. The number of ether oxygens (including phenoxy) is 2. The molecule has 1 fully saturated rings. The lowest BCUT2D eigenvalue weighted by atomic mass is 9.94. The van der Waals surface area contributed by atoms with Crippen LogP contribution in [-0.2, 0) is 4.74 Å². The molecule has 1 atom stereocenters. The Morgan fingerprint density at radius 2 is 1.61 bits per heavy atom. The Balaban J connectivity index is 1.87. The van der Waals surface area contributed by atoms with Crippen molar-refractivity contribution in [1.82, 2.24) is 5.32 Å². The summed E-state index contributed by atoms with van der Waals surface area (Å²) < 4.78 is 11.2. The van der Waals surface area contributed by atoms with Gasteiger partial charge >= 0.3 is 0 Å². The molecule has 1 aliphatic rings. The van der Waals surface area contributed by atoms with Gasteiger partial charge in [0.2, 0.25) is 0 Å². The number of benzene rings is 3. The summed E-state index contributed by atoms with van der Waals surface area (Å²) in [6.07, 6.45) is 2.02. The van der Waals surface area contributed by atoms with E-state index in [1.165, 1.54) is 0 Å². The molecule has 3 aromatic rings. The molecule has 172 valence electrons. The second-order valence-electron chi connectivity index (χ2n) is 8.07. The molecule has 1 aliphatic carbocycles. The third-order valence-corrected chi connectivity index (χ3v) is 6.12. The number of hydrogen-bond donors (Lipinski definition) is 2. The highest BCUT2D eigenvalue weighted by molar-refractivity contribution is 6.31. The van der Waals surface area contributed by atoms with Gasteiger partial charge in [-0.15, -0.1) is 0 Å². The highest BCUT2D eigenvalue weighted by Gasteiger charge is 2.32. The maximum Gasteiger partial charge on any atom is 0.251 e. The lowest BCUT2D eigenvalue weighted by molar-refractivity contribution is 0.0519. The lowest BCUT2D eigenvalue weighted by Crippen LogP contribution is -2.39. The van der Waals surface area contributed by atoms with E-state index < -0.39 is 0 Å². The minimum Gasteiger partial charge on any atom is -0.466 e. The van der Waals surface area contributed by atoms with Crippen LogP contribution in [0.3, 0.4) is 0 Å². The van der Waals surface area contributed by atoms with E-state index in [2.05, 4.69) is 5.32 Å². The minimum absolute atomic E-state index is 0.0287. The van der Waals surface area contributed by atoms with E-state index in [4.69, 9.17) is 32.7 Å². The van der Waals surface area contributed by atoms with Crippen molar-refractivity contribution in [2.45, 2.75) is 18.9 Å². The monoisotopic (exact) mass is 485 g/mol. The molecule has 0 saturated heterocycles. The predicted octanol–water partition coefficient (Wildman–Crippen LogP) is 5.81. The van der Waals surface area contributed by atoms with E-state index >= 15 is 0 Å². The molecule has 33 heavy (non-hydrogen) atoms. The number of aliphatic hydroxyl groups is 1. The molecule has 0 heterocycles. The summed E-state index contributed by atoms with van der Waals surface area (Å²) in [4.78, 5) is 13.2. The van der Waals surface area contributed by atoms with Gasteiger partial charge in [-0.3, -0.25) is 4.79 Å². The zero-order valence-electron chi connectivity index (χ0n) is 18.2. The summed E-state index contributed by atoms with van der Waals surface area (Å²) in [5, 5.41) is 13.8. The molecular weight excluding hydrogens is 461 g/mol. The van der Waals surface area contributed by atoms with Gasteiger partial charge in [0.05, 0.1) is 12.6 Å². The average molecular weight is 486 g/mol. The average Bonchev–Trinajstić information content (AvgIpc) is 3.66.